The molecule has 0 aliphatic carbocycles. The summed E-state index contributed by atoms with van der Waals surface area (Å²) in [5, 5.41) is 6.23. The van der Waals surface area contributed by atoms with E-state index in [0.29, 0.717) is 21.4 Å². The average molecular weight is 442 g/mol. The van der Waals surface area contributed by atoms with Crippen molar-refractivity contribution in [2.75, 3.05) is 30.8 Å². The van der Waals surface area contributed by atoms with Crippen LogP contribution in [0.3, 0.4) is 0 Å². The fraction of sp³-hybridized carbons (Fsp3) is 0.130. The first-order valence-corrected chi connectivity index (χ1v) is 10.1. The van der Waals surface area contributed by atoms with Crippen molar-refractivity contribution < 1.29 is 9.59 Å². The number of rotatable bonds is 7. The highest BCUT2D eigenvalue weighted by Gasteiger charge is 2.14. The molecule has 2 amide bonds. The minimum absolute atomic E-state index is 0.0158. The number of carbonyl (C=O) groups excluding carboxylic acids is 2. The summed E-state index contributed by atoms with van der Waals surface area (Å²) in [5.74, 6) is -0.527. The van der Waals surface area contributed by atoms with E-state index in [1.165, 1.54) is 0 Å². The van der Waals surface area contributed by atoms with Crippen molar-refractivity contribution in [3.63, 3.8) is 0 Å². The molecule has 0 spiro atoms. The van der Waals surface area contributed by atoms with Crippen molar-refractivity contribution in [3.05, 3.63) is 82.8 Å². The van der Waals surface area contributed by atoms with Crippen LogP contribution in [0.5, 0.6) is 0 Å². The van der Waals surface area contributed by atoms with Crippen LogP contribution >= 0.6 is 23.2 Å². The van der Waals surface area contributed by atoms with E-state index in [-0.39, 0.29) is 24.9 Å². The number of amides is 2. The maximum absolute atomic E-state index is 12.3. The predicted molar refractivity (Wildman–Crippen MR) is 123 cm³/mol. The van der Waals surface area contributed by atoms with E-state index in [9.17, 15) is 9.59 Å². The Morgan fingerprint density at radius 2 is 1.27 bits per heavy atom. The van der Waals surface area contributed by atoms with Crippen LogP contribution in [0.25, 0.3) is 11.1 Å². The van der Waals surface area contributed by atoms with Gasteiger partial charge in [0.05, 0.1) is 28.8 Å². The van der Waals surface area contributed by atoms with Crippen LogP contribution in [0.4, 0.5) is 11.4 Å². The molecule has 0 radical (unpaired) electrons. The summed E-state index contributed by atoms with van der Waals surface area (Å²) in [6.07, 6.45) is 0. The van der Waals surface area contributed by atoms with Gasteiger partial charge in [-0.15, -0.1) is 0 Å². The number of nitrogens with zero attached hydrogens (tertiary/aromatic N) is 1. The first-order chi connectivity index (χ1) is 14.4. The molecule has 0 fully saturated rings. The number of nitrogens with one attached hydrogen (secondary N) is 2. The van der Waals surface area contributed by atoms with Crippen LogP contribution in [-0.4, -0.2) is 36.9 Å². The average Bonchev–Trinajstić information content (AvgIpc) is 2.72. The molecule has 0 aliphatic heterocycles. The molecule has 5 nitrogen and oxygen atoms in total. The number of likely N-dealkylation sites (N-methyl/N-ethyl adjacent to an activating group) is 1. The van der Waals surface area contributed by atoms with Gasteiger partial charge in [0.2, 0.25) is 11.8 Å². The van der Waals surface area contributed by atoms with Crippen LogP contribution in [0.2, 0.25) is 10.0 Å². The molecule has 7 heteroatoms. The molecule has 3 rings (SSSR count). The monoisotopic (exact) mass is 441 g/mol. The molecule has 0 aromatic heterocycles. The first-order valence-electron chi connectivity index (χ1n) is 9.30. The van der Waals surface area contributed by atoms with Gasteiger partial charge in [0.25, 0.3) is 0 Å². The Balaban J connectivity index is 1.50. The molecule has 0 saturated heterocycles. The molecule has 2 N–H and O–H groups in total. The highest BCUT2D eigenvalue weighted by Crippen LogP contribution is 2.29. The van der Waals surface area contributed by atoms with Gasteiger partial charge in [-0.3, -0.25) is 14.5 Å². The summed E-state index contributed by atoms with van der Waals surface area (Å²) in [7, 11) is 1.69. The number of hydrogen-bond acceptors (Lipinski definition) is 3. The van der Waals surface area contributed by atoms with Gasteiger partial charge in [-0.1, -0.05) is 71.7 Å². The van der Waals surface area contributed by atoms with Crippen LogP contribution in [-0.2, 0) is 9.59 Å². The van der Waals surface area contributed by atoms with Gasteiger partial charge in [0, 0.05) is 5.69 Å². The van der Waals surface area contributed by atoms with Crippen molar-refractivity contribution in [2.45, 2.75) is 0 Å². The first kappa shape index (κ1) is 21.8. The van der Waals surface area contributed by atoms with Gasteiger partial charge in [0.15, 0.2) is 0 Å². The van der Waals surface area contributed by atoms with Gasteiger partial charge in [-0.2, -0.15) is 0 Å². The molecule has 0 atom stereocenters. The lowest BCUT2D eigenvalue weighted by Crippen LogP contribution is -2.36. The summed E-state index contributed by atoms with van der Waals surface area (Å²) in [5.41, 5.74) is 3.24. The lowest BCUT2D eigenvalue weighted by atomic mass is 10.1. The largest absolute Gasteiger partial charge is 0.325 e. The molecule has 154 valence electrons. The zero-order valence-corrected chi connectivity index (χ0v) is 17.9. The lowest BCUT2D eigenvalue weighted by molar-refractivity contribution is -0.119. The van der Waals surface area contributed by atoms with Crippen molar-refractivity contribution in [3.8, 4) is 11.1 Å². The minimum Gasteiger partial charge on any atom is -0.325 e. The van der Waals surface area contributed by atoms with E-state index in [2.05, 4.69) is 10.6 Å². The smallest absolute Gasteiger partial charge is 0.238 e. The second-order valence-electron chi connectivity index (χ2n) is 6.81. The van der Waals surface area contributed by atoms with Crippen molar-refractivity contribution in [1.29, 1.82) is 0 Å². The zero-order valence-electron chi connectivity index (χ0n) is 16.4. The van der Waals surface area contributed by atoms with E-state index in [1.54, 1.807) is 30.1 Å². The number of anilines is 2. The molecule has 0 saturated carbocycles. The van der Waals surface area contributed by atoms with E-state index in [4.69, 9.17) is 23.2 Å². The summed E-state index contributed by atoms with van der Waals surface area (Å²) < 4.78 is 0. The number of para-hydroxylation sites is 1. The SMILES string of the molecule is CN(CC(=O)Nc1ccc(-c2ccccc2)cc1)CC(=O)Nc1c(Cl)cccc1Cl. The fourth-order valence-electron chi connectivity index (χ4n) is 2.92. The molecule has 0 aliphatic rings. The number of benzene rings is 3. The Kier molecular flexibility index (Phi) is 7.46. The number of halogens is 2. The summed E-state index contributed by atoms with van der Waals surface area (Å²) in [4.78, 5) is 26.1. The van der Waals surface area contributed by atoms with Gasteiger partial charge in [-0.05, 0) is 42.4 Å². The molecule has 3 aromatic carbocycles. The van der Waals surface area contributed by atoms with Gasteiger partial charge < -0.3 is 10.6 Å². The van der Waals surface area contributed by atoms with Crippen LogP contribution in [0.1, 0.15) is 0 Å². The van der Waals surface area contributed by atoms with Crippen LogP contribution < -0.4 is 10.6 Å². The Morgan fingerprint density at radius 3 is 1.87 bits per heavy atom. The second kappa shape index (κ2) is 10.3. The van der Waals surface area contributed by atoms with E-state index < -0.39 is 0 Å². The third-order valence-electron chi connectivity index (χ3n) is 4.33. The summed E-state index contributed by atoms with van der Waals surface area (Å²) >= 11 is 12.1. The highest BCUT2D eigenvalue weighted by molar-refractivity contribution is 6.39. The lowest BCUT2D eigenvalue weighted by Gasteiger charge is -2.17. The quantitative estimate of drug-likeness (QED) is 0.531. The third kappa shape index (κ3) is 6.07. The fourth-order valence-corrected chi connectivity index (χ4v) is 3.41. The summed E-state index contributed by atoms with van der Waals surface area (Å²) in [6, 6.07) is 22.6. The van der Waals surface area contributed by atoms with E-state index in [0.717, 1.165) is 11.1 Å². The number of carbonyl (C=O) groups is 2. The van der Waals surface area contributed by atoms with E-state index in [1.807, 2.05) is 54.6 Å². The number of hydrogen-bond donors (Lipinski definition) is 2. The van der Waals surface area contributed by atoms with Crippen LogP contribution in [0, 0.1) is 0 Å². The standard InChI is InChI=1S/C23H21Cl2N3O2/c1-28(15-22(30)27-23-19(24)8-5-9-20(23)25)14-21(29)26-18-12-10-17(11-13-18)16-6-3-2-4-7-16/h2-13H,14-15H2,1H3,(H,26,29)(H,27,30). The maximum atomic E-state index is 12.3. The van der Waals surface area contributed by atoms with Gasteiger partial charge >= 0.3 is 0 Å². The molecular formula is C23H21Cl2N3O2. The molecule has 0 unspecified atom stereocenters. The van der Waals surface area contributed by atoms with Crippen LogP contribution in [0.15, 0.2) is 72.8 Å². The molecule has 0 bridgehead atoms. The molecule has 30 heavy (non-hydrogen) atoms. The molecule has 0 heterocycles. The van der Waals surface area contributed by atoms with Crippen molar-refractivity contribution in [2.24, 2.45) is 0 Å². The summed E-state index contributed by atoms with van der Waals surface area (Å²) in [6.45, 7) is 0.0754. The molecule has 3 aromatic rings. The second-order valence-corrected chi connectivity index (χ2v) is 7.62. The zero-order chi connectivity index (χ0) is 21.5. The Morgan fingerprint density at radius 1 is 0.733 bits per heavy atom. The Labute approximate surface area is 185 Å². The van der Waals surface area contributed by atoms with Crippen molar-refractivity contribution in [1.82, 2.24) is 4.90 Å². The van der Waals surface area contributed by atoms with E-state index >= 15 is 0 Å². The topological polar surface area (TPSA) is 61.4 Å². The third-order valence-corrected chi connectivity index (χ3v) is 4.96. The normalized spacial score (nSPS) is 10.7. The van der Waals surface area contributed by atoms with Gasteiger partial charge in [-0.25, -0.2) is 0 Å². The predicted octanol–water partition coefficient (Wildman–Crippen LogP) is 5.17. The highest BCUT2D eigenvalue weighted by atomic mass is 35.5. The Hall–Kier alpha value is -2.86. The molecular weight excluding hydrogens is 421 g/mol. The van der Waals surface area contributed by atoms with Gasteiger partial charge in [0.1, 0.15) is 0 Å². The maximum Gasteiger partial charge on any atom is 0.238 e. The Bertz CT molecular complexity index is 1000. The van der Waals surface area contributed by atoms with Crippen molar-refractivity contribution >= 4 is 46.4 Å². The minimum atomic E-state index is -0.312.